The monoisotopic (exact) mass is 160 g/mol. The maximum Gasteiger partial charge on any atom is 0.345 e. The van der Waals surface area contributed by atoms with Crippen molar-refractivity contribution in [2.24, 2.45) is 0 Å². The Balaban J connectivity index is 2.59. The van der Waals surface area contributed by atoms with Gasteiger partial charge in [-0.3, -0.25) is 4.84 Å². The Bertz CT molecular complexity index is 158. The molecule has 0 spiro atoms. The van der Waals surface area contributed by atoms with Gasteiger partial charge in [0.1, 0.15) is 6.23 Å². The Morgan fingerprint density at radius 2 is 2.36 bits per heavy atom. The summed E-state index contributed by atoms with van der Waals surface area (Å²) in [7, 11) is 2.97. The summed E-state index contributed by atoms with van der Waals surface area (Å²) in [6.45, 7) is 0.445. The predicted molar refractivity (Wildman–Crippen MR) is 37.5 cm³/mol. The second kappa shape index (κ2) is 3.06. The molecular formula is C6H12N2O3. The van der Waals surface area contributed by atoms with Gasteiger partial charge in [0, 0.05) is 13.5 Å². The molecule has 1 aliphatic heterocycles. The first kappa shape index (κ1) is 8.29. The van der Waals surface area contributed by atoms with E-state index in [4.69, 9.17) is 4.84 Å². The average molecular weight is 160 g/mol. The molecule has 1 saturated heterocycles. The van der Waals surface area contributed by atoms with Gasteiger partial charge in [-0.25, -0.2) is 9.86 Å². The summed E-state index contributed by atoms with van der Waals surface area (Å²) in [5.74, 6) is 0. The maximum absolute atomic E-state index is 11.1. The molecule has 1 unspecified atom stereocenters. The van der Waals surface area contributed by atoms with Crippen LogP contribution in [0.5, 0.6) is 0 Å². The normalized spacial score (nSPS) is 26.1. The highest BCUT2D eigenvalue weighted by Crippen LogP contribution is 2.11. The number of hydrogen-bond donors (Lipinski definition) is 1. The lowest BCUT2D eigenvalue weighted by atomic mass is 10.3. The Hall–Kier alpha value is -0.810. The van der Waals surface area contributed by atoms with Crippen molar-refractivity contribution in [3.63, 3.8) is 0 Å². The number of rotatable bonds is 1. The van der Waals surface area contributed by atoms with Crippen molar-refractivity contribution in [2.75, 3.05) is 20.7 Å². The number of hydrogen-bond acceptors (Lipinski definition) is 3. The second-order valence-electron chi connectivity index (χ2n) is 2.45. The molecule has 1 fully saturated rings. The predicted octanol–water partition coefficient (Wildman–Crippen LogP) is -0.376. The molecule has 0 radical (unpaired) electrons. The van der Waals surface area contributed by atoms with E-state index in [9.17, 15) is 9.90 Å². The van der Waals surface area contributed by atoms with Crippen LogP contribution in [-0.2, 0) is 4.84 Å². The number of nitrogens with zero attached hydrogens (tertiary/aromatic N) is 2. The number of carbonyl (C=O) groups is 1. The Labute approximate surface area is 65.1 Å². The summed E-state index contributed by atoms with van der Waals surface area (Å²) < 4.78 is 0. The number of amides is 2. The molecule has 64 valence electrons. The number of carbonyl (C=O) groups excluding carboxylic acids is 1. The van der Waals surface area contributed by atoms with Crippen molar-refractivity contribution < 1.29 is 14.7 Å². The van der Waals surface area contributed by atoms with Crippen LogP contribution in [0.25, 0.3) is 0 Å². The van der Waals surface area contributed by atoms with Gasteiger partial charge in [-0.05, 0) is 0 Å². The summed E-state index contributed by atoms with van der Waals surface area (Å²) >= 11 is 0. The van der Waals surface area contributed by atoms with Crippen molar-refractivity contribution in [2.45, 2.75) is 12.6 Å². The highest BCUT2D eigenvalue weighted by molar-refractivity contribution is 5.73. The molecule has 0 bridgehead atoms. The number of hydroxylamine groups is 2. The van der Waals surface area contributed by atoms with E-state index in [-0.39, 0.29) is 6.03 Å². The smallest absolute Gasteiger partial charge is 0.345 e. The molecule has 0 saturated carbocycles. The Morgan fingerprint density at radius 3 is 2.91 bits per heavy atom. The van der Waals surface area contributed by atoms with E-state index in [1.807, 2.05) is 0 Å². The maximum atomic E-state index is 11.1. The first-order chi connectivity index (χ1) is 5.16. The van der Waals surface area contributed by atoms with Gasteiger partial charge in [0.15, 0.2) is 0 Å². The standard InChI is InChI=1S/C6H12N2O3/c1-7-5(9)3-4-8(11-2)6(7)10/h5,9H,3-4H2,1-2H3. The summed E-state index contributed by atoms with van der Waals surface area (Å²) in [4.78, 5) is 17.1. The molecule has 1 atom stereocenters. The van der Waals surface area contributed by atoms with Crippen molar-refractivity contribution in [3.8, 4) is 0 Å². The zero-order valence-corrected chi connectivity index (χ0v) is 6.65. The van der Waals surface area contributed by atoms with Gasteiger partial charge in [0.05, 0.1) is 13.7 Å². The third-order valence-corrected chi connectivity index (χ3v) is 1.77. The van der Waals surface area contributed by atoms with E-state index < -0.39 is 6.23 Å². The van der Waals surface area contributed by atoms with Crippen LogP contribution in [-0.4, -0.2) is 48.0 Å². The fourth-order valence-corrected chi connectivity index (χ4v) is 0.995. The molecule has 1 heterocycles. The zero-order chi connectivity index (χ0) is 8.43. The van der Waals surface area contributed by atoms with E-state index in [0.29, 0.717) is 13.0 Å². The quantitative estimate of drug-likeness (QED) is 0.569. The molecule has 1 N–H and O–H groups in total. The summed E-state index contributed by atoms with van der Waals surface area (Å²) in [5, 5.41) is 10.4. The van der Waals surface area contributed by atoms with Crippen LogP contribution >= 0.6 is 0 Å². The molecule has 5 nitrogen and oxygen atoms in total. The minimum Gasteiger partial charge on any atom is -0.373 e. The Kier molecular flexibility index (Phi) is 2.31. The molecule has 1 aliphatic rings. The van der Waals surface area contributed by atoms with Crippen LogP contribution in [0.3, 0.4) is 0 Å². The van der Waals surface area contributed by atoms with Crippen LogP contribution in [0.1, 0.15) is 6.42 Å². The minimum atomic E-state index is -0.672. The van der Waals surface area contributed by atoms with Gasteiger partial charge >= 0.3 is 6.03 Å². The van der Waals surface area contributed by atoms with Crippen LogP contribution in [0.4, 0.5) is 4.79 Å². The first-order valence-electron chi connectivity index (χ1n) is 3.43. The number of urea groups is 1. The number of aliphatic hydroxyl groups excluding tert-OH is 1. The SMILES string of the molecule is CON1CCC(O)N(C)C1=O. The van der Waals surface area contributed by atoms with E-state index in [1.54, 1.807) is 0 Å². The fraction of sp³-hybridized carbons (Fsp3) is 0.833. The third-order valence-electron chi connectivity index (χ3n) is 1.77. The van der Waals surface area contributed by atoms with Crippen LogP contribution in [0.2, 0.25) is 0 Å². The van der Waals surface area contributed by atoms with Gasteiger partial charge in [-0.15, -0.1) is 0 Å². The zero-order valence-electron chi connectivity index (χ0n) is 6.65. The molecule has 0 aromatic heterocycles. The van der Waals surface area contributed by atoms with Gasteiger partial charge in [-0.2, -0.15) is 0 Å². The van der Waals surface area contributed by atoms with Crippen LogP contribution < -0.4 is 0 Å². The lowest BCUT2D eigenvalue weighted by Crippen LogP contribution is -2.51. The molecular weight excluding hydrogens is 148 g/mol. The molecule has 0 aliphatic carbocycles. The van der Waals surface area contributed by atoms with Crippen molar-refractivity contribution in [3.05, 3.63) is 0 Å². The average Bonchev–Trinajstić information content (AvgIpc) is 2.01. The largest absolute Gasteiger partial charge is 0.373 e. The van der Waals surface area contributed by atoms with E-state index in [1.165, 1.54) is 24.1 Å². The molecule has 0 aromatic carbocycles. The third kappa shape index (κ3) is 1.44. The Morgan fingerprint density at radius 1 is 1.73 bits per heavy atom. The highest BCUT2D eigenvalue weighted by Gasteiger charge is 2.28. The molecule has 0 aromatic rings. The van der Waals surface area contributed by atoms with Crippen LogP contribution in [0.15, 0.2) is 0 Å². The van der Waals surface area contributed by atoms with Gasteiger partial charge in [0.2, 0.25) is 0 Å². The van der Waals surface area contributed by atoms with E-state index in [0.717, 1.165) is 0 Å². The summed E-state index contributed by atoms with van der Waals surface area (Å²) in [6, 6.07) is -0.300. The molecule has 1 rings (SSSR count). The second-order valence-corrected chi connectivity index (χ2v) is 2.45. The van der Waals surface area contributed by atoms with Crippen molar-refractivity contribution in [1.82, 2.24) is 9.96 Å². The molecule has 11 heavy (non-hydrogen) atoms. The van der Waals surface area contributed by atoms with Crippen molar-refractivity contribution in [1.29, 1.82) is 0 Å². The topological polar surface area (TPSA) is 53.0 Å². The van der Waals surface area contributed by atoms with Gasteiger partial charge in [0.25, 0.3) is 0 Å². The van der Waals surface area contributed by atoms with Crippen molar-refractivity contribution >= 4 is 6.03 Å². The minimum absolute atomic E-state index is 0.300. The molecule has 2 amide bonds. The summed E-state index contributed by atoms with van der Waals surface area (Å²) in [5.41, 5.74) is 0. The van der Waals surface area contributed by atoms with E-state index >= 15 is 0 Å². The van der Waals surface area contributed by atoms with E-state index in [2.05, 4.69) is 0 Å². The highest BCUT2D eigenvalue weighted by atomic mass is 16.7. The van der Waals surface area contributed by atoms with Gasteiger partial charge in [-0.1, -0.05) is 0 Å². The van der Waals surface area contributed by atoms with Gasteiger partial charge < -0.3 is 10.0 Å². The fourth-order valence-electron chi connectivity index (χ4n) is 0.995. The number of aliphatic hydroxyl groups is 1. The molecule has 5 heteroatoms. The lowest BCUT2D eigenvalue weighted by Gasteiger charge is -2.34. The van der Waals surface area contributed by atoms with Crippen LogP contribution in [0, 0.1) is 0 Å². The first-order valence-corrected chi connectivity index (χ1v) is 3.43. The lowest BCUT2D eigenvalue weighted by molar-refractivity contribution is -0.135. The summed E-state index contributed by atoms with van der Waals surface area (Å²) in [6.07, 6.45) is -0.148.